The molecule has 0 spiro atoms. The van der Waals surface area contributed by atoms with Crippen LogP contribution in [-0.2, 0) is 13.0 Å². The number of rotatable bonds is 2. The average molecular weight is 315 g/mol. The summed E-state index contributed by atoms with van der Waals surface area (Å²) in [4.78, 5) is 25.7. The Morgan fingerprint density at radius 3 is 2.83 bits per heavy atom. The smallest absolute Gasteiger partial charge is 0.276 e. The highest BCUT2D eigenvalue weighted by molar-refractivity contribution is 5.94. The van der Waals surface area contributed by atoms with Crippen LogP contribution in [0.1, 0.15) is 44.2 Å². The van der Waals surface area contributed by atoms with Crippen LogP contribution in [0.2, 0.25) is 0 Å². The first kappa shape index (κ1) is 15.2. The second kappa shape index (κ2) is 6.21. The van der Waals surface area contributed by atoms with Gasteiger partial charge in [0.2, 0.25) is 0 Å². The zero-order chi connectivity index (χ0) is 16.4. The molecule has 0 unspecified atom stereocenters. The number of amides is 2. The van der Waals surface area contributed by atoms with Gasteiger partial charge in [-0.3, -0.25) is 14.8 Å². The van der Waals surface area contributed by atoms with Crippen molar-refractivity contribution in [2.75, 3.05) is 6.54 Å². The predicted octanol–water partition coefficient (Wildman–Crippen LogP) is 1.69. The van der Waals surface area contributed by atoms with Gasteiger partial charge in [0.05, 0.1) is 0 Å². The van der Waals surface area contributed by atoms with Gasteiger partial charge in [-0.2, -0.15) is 0 Å². The van der Waals surface area contributed by atoms with Crippen molar-refractivity contribution in [1.29, 1.82) is 0 Å². The number of nitrogens with zero attached hydrogens (tertiary/aromatic N) is 2. The number of nitrogens with one attached hydrogen (secondary N) is 1. The monoisotopic (exact) mass is 315 g/mol. The van der Waals surface area contributed by atoms with E-state index in [2.05, 4.69) is 5.16 Å². The van der Waals surface area contributed by atoms with E-state index in [1.165, 1.54) is 0 Å². The summed E-state index contributed by atoms with van der Waals surface area (Å²) in [5.74, 6) is -0.0989. The molecule has 0 saturated heterocycles. The van der Waals surface area contributed by atoms with E-state index in [1.807, 2.05) is 6.07 Å². The third-order valence-electron chi connectivity index (χ3n) is 3.94. The van der Waals surface area contributed by atoms with Gasteiger partial charge in [-0.1, -0.05) is 11.2 Å². The number of hydrogen-bond donors (Lipinski definition) is 2. The summed E-state index contributed by atoms with van der Waals surface area (Å²) in [6, 6.07) is 6.84. The number of aryl methyl sites for hydroxylation is 2. The highest BCUT2D eigenvalue weighted by Crippen LogP contribution is 2.21. The number of aromatic nitrogens is 1. The quantitative estimate of drug-likeness (QED) is 0.649. The zero-order valence-corrected chi connectivity index (χ0v) is 12.7. The Morgan fingerprint density at radius 1 is 1.30 bits per heavy atom. The van der Waals surface area contributed by atoms with Gasteiger partial charge in [-0.15, -0.1) is 0 Å². The van der Waals surface area contributed by atoms with Crippen LogP contribution in [0, 0.1) is 6.92 Å². The topological polar surface area (TPSA) is 95.7 Å². The van der Waals surface area contributed by atoms with Crippen LogP contribution in [0.15, 0.2) is 28.8 Å². The lowest BCUT2D eigenvalue weighted by Gasteiger charge is -2.19. The SMILES string of the molecule is Cc1cc(C(=O)N2CCCc3cc(C(=O)NO)ccc3C2)no1. The van der Waals surface area contributed by atoms with Crippen molar-refractivity contribution < 1.29 is 19.3 Å². The highest BCUT2D eigenvalue weighted by atomic mass is 16.5. The largest absolute Gasteiger partial charge is 0.361 e. The minimum atomic E-state index is -0.539. The summed E-state index contributed by atoms with van der Waals surface area (Å²) in [6.07, 6.45) is 1.56. The number of carbonyl (C=O) groups is 2. The third kappa shape index (κ3) is 3.09. The number of fused-ring (bicyclic) bond motifs is 1. The minimum Gasteiger partial charge on any atom is -0.361 e. The molecule has 0 atom stereocenters. The summed E-state index contributed by atoms with van der Waals surface area (Å²) in [5.41, 5.74) is 4.34. The van der Waals surface area contributed by atoms with Gasteiger partial charge in [0.1, 0.15) is 5.76 Å². The van der Waals surface area contributed by atoms with Gasteiger partial charge in [-0.25, -0.2) is 5.48 Å². The maximum Gasteiger partial charge on any atom is 0.276 e. The second-order valence-corrected chi connectivity index (χ2v) is 5.58. The van der Waals surface area contributed by atoms with Crippen LogP contribution in [0.25, 0.3) is 0 Å². The van der Waals surface area contributed by atoms with E-state index in [0.717, 1.165) is 24.0 Å². The maximum atomic E-state index is 12.5. The summed E-state index contributed by atoms with van der Waals surface area (Å²) in [6.45, 7) is 2.82. The Balaban J connectivity index is 1.83. The summed E-state index contributed by atoms with van der Waals surface area (Å²) >= 11 is 0. The molecule has 2 amide bonds. The van der Waals surface area contributed by atoms with E-state index in [-0.39, 0.29) is 5.91 Å². The molecule has 120 valence electrons. The van der Waals surface area contributed by atoms with Crippen LogP contribution in [0.5, 0.6) is 0 Å². The molecule has 1 aliphatic heterocycles. The number of hydroxylamine groups is 1. The standard InChI is InChI=1S/C16H17N3O4/c1-10-7-14(18-23-10)16(21)19-6-2-3-11-8-12(15(20)17-22)4-5-13(11)9-19/h4-5,7-8,22H,2-3,6,9H2,1H3,(H,17,20). The molecule has 0 bridgehead atoms. The first-order chi connectivity index (χ1) is 11.1. The van der Waals surface area contributed by atoms with Crippen molar-refractivity contribution in [1.82, 2.24) is 15.5 Å². The fraction of sp³-hybridized carbons (Fsp3) is 0.312. The molecule has 0 aliphatic carbocycles. The number of carbonyl (C=O) groups excluding carboxylic acids is 2. The molecule has 2 heterocycles. The molecule has 0 radical (unpaired) electrons. The first-order valence-corrected chi connectivity index (χ1v) is 7.37. The molecule has 0 fully saturated rings. The zero-order valence-electron chi connectivity index (χ0n) is 12.7. The fourth-order valence-corrected chi connectivity index (χ4v) is 2.77. The van der Waals surface area contributed by atoms with Crippen molar-refractivity contribution in [3.63, 3.8) is 0 Å². The molecule has 23 heavy (non-hydrogen) atoms. The normalized spacial score (nSPS) is 14.1. The van der Waals surface area contributed by atoms with E-state index >= 15 is 0 Å². The number of benzene rings is 1. The molecule has 2 aromatic rings. The molecule has 1 aliphatic rings. The van der Waals surface area contributed by atoms with Gasteiger partial charge < -0.3 is 9.42 Å². The van der Waals surface area contributed by atoms with E-state index in [4.69, 9.17) is 9.73 Å². The van der Waals surface area contributed by atoms with Crippen LogP contribution in [0.3, 0.4) is 0 Å². The lowest BCUT2D eigenvalue weighted by Crippen LogP contribution is -2.30. The van der Waals surface area contributed by atoms with Gasteiger partial charge in [0, 0.05) is 24.7 Å². The molecule has 1 aromatic heterocycles. The summed E-state index contributed by atoms with van der Waals surface area (Å²) in [7, 11) is 0. The Bertz CT molecular complexity index is 754. The molecule has 2 N–H and O–H groups in total. The molecule has 3 rings (SSSR count). The van der Waals surface area contributed by atoms with Crippen molar-refractivity contribution >= 4 is 11.8 Å². The highest BCUT2D eigenvalue weighted by Gasteiger charge is 2.23. The van der Waals surface area contributed by atoms with E-state index in [9.17, 15) is 9.59 Å². The van der Waals surface area contributed by atoms with Crippen molar-refractivity contribution in [3.8, 4) is 0 Å². The van der Waals surface area contributed by atoms with Crippen molar-refractivity contribution in [2.24, 2.45) is 0 Å². The van der Waals surface area contributed by atoms with E-state index in [1.54, 1.807) is 35.5 Å². The minimum absolute atomic E-state index is 0.160. The van der Waals surface area contributed by atoms with Crippen LogP contribution < -0.4 is 5.48 Å². The molecule has 1 aromatic carbocycles. The Morgan fingerprint density at radius 2 is 2.13 bits per heavy atom. The van der Waals surface area contributed by atoms with E-state index in [0.29, 0.717) is 30.1 Å². The predicted molar refractivity (Wildman–Crippen MR) is 80.0 cm³/mol. The molecule has 0 saturated carbocycles. The second-order valence-electron chi connectivity index (χ2n) is 5.58. The fourth-order valence-electron chi connectivity index (χ4n) is 2.77. The molecular weight excluding hydrogens is 298 g/mol. The summed E-state index contributed by atoms with van der Waals surface area (Å²) in [5, 5.41) is 12.5. The average Bonchev–Trinajstić information content (AvgIpc) is 2.88. The van der Waals surface area contributed by atoms with Gasteiger partial charge in [-0.05, 0) is 43.0 Å². The third-order valence-corrected chi connectivity index (χ3v) is 3.94. The first-order valence-electron chi connectivity index (χ1n) is 7.37. The van der Waals surface area contributed by atoms with Gasteiger partial charge >= 0.3 is 0 Å². The summed E-state index contributed by atoms with van der Waals surface area (Å²) < 4.78 is 4.97. The van der Waals surface area contributed by atoms with Gasteiger partial charge in [0.15, 0.2) is 5.69 Å². The molecule has 7 heteroatoms. The van der Waals surface area contributed by atoms with E-state index < -0.39 is 5.91 Å². The lowest BCUT2D eigenvalue weighted by molar-refractivity contribution is 0.0704. The van der Waals surface area contributed by atoms with Crippen molar-refractivity contribution in [3.05, 3.63) is 52.4 Å². The maximum absolute atomic E-state index is 12.5. The van der Waals surface area contributed by atoms with Gasteiger partial charge in [0.25, 0.3) is 11.8 Å². The number of hydrogen-bond acceptors (Lipinski definition) is 5. The molecular formula is C16H17N3O4. The molecule has 7 nitrogen and oxygen atoms in total. The van der Waals surface area contributed by atoms with Crippen LogP contribution in [0.4, 0.5) is 0 Å². The Kier molecular flexibility index (Phi) is 4.12. The van der Waals surface area contributed by atoms with Crippen LogP contribution >= 0.6 is 0 Å². The van der Waals surface area contributed by atoms with Crippen LogP contribution in [-0.4, -0.2) is 33.6 Å². The Labute approximate surface area is 132 Å². The Hall–Kier alpha value is -2.67. The lowest BCUT2D eigenvalue weighted by atomic mass is 10.0. The van der Waals surface area contributed by atoms with Crippen molar-refractivity contribution in [2.45, 2.75) is 26.3 Å².